The second kappa shape index (κ2) is 8.49. The molecule has 5 heterocycles. The van der Waals surface area contributed by atoms with E-state index in [2.05, 4.69) is 30.2 Å². The van der Waals surface area contributed by atoms with Crippen molar-refractivity contribution in [3.63, 3.8) is 0 Å². The number of likely N-dealkylation sites (tertiary alicyclic amines) is 1. The van der Waals surface area contributed by atoms with E-state index >= 15 is 0 Å². The van der Waals surface area contributed by atoms with E-state index < -0.39 is 13.0 Å². The van der Waals surface area contributed by atoms with Gasteiger partial charge in [-0.15, -0.1) is 0 Å². The maximum Gasteiger partial charge on any atom is 0.256 e. The molecule has 1 amide bonds. The van der Waals surface area contributed by atoms with Crippen molar-refractivity contribution in [2.45, 2.75) is 58.5 Å². The monoisotopic (exact) mass is 494 g/mol. The summed E-state index contributed by atoms with van der Waals surface area (Å²) in [6.45, 7) is 4.68. The van der Waals surface area contributed by atoms with Gasteiger partial charge in [-0.3, -0.25) is 4.79 Å². The molecule has 9 nitrogen and oxygen atoms in total. The van der Waals surface area contributed by atoms with Crippen LogP contribution >= 0.6 is 0 Å². The first kappa shape index (κ1) is 22.8. The van der Waals surface area contributed by atoms with Crippen LogP contribution in [0, 0.1) is 12.3 Å². The maximum atomic E-state index is 13.1. The third-order valence-electron chi connectivity index (χ3n) is 7.74. The lowest BCUT2D eigenvalue weighted by molar-refractivity contribution is -0.143. The van der Waals surface area contributed by atoms with Crippen LogP contribution in [0.2, 0.25) is 0 Å². The number of anilines is 1. The average molecular weight is 495 g/mol. The molecule has 1 aliphatic heterocycles. The van der Waals surface area contributed by atoms with Crippen LogP contribution in [0.1, 0.15) is 38.4 Å². The molecule has 1 aliphatic carbocycles. The Morgan fingerprint density at radius 3 is 2.72 bits per heavy atom. The van der Waals surface area contributed by atoms with Gasteiger partial charge in [-0.25, -0.2) is 23.7 Å². The fourth-order valence-electron chi connectivity index (χ4n) is 5.71. The minimum absolute atomic E-state index is 0.164. The Morgan fingerprint density at radius 1 is 1.22 bits per heavy atom. The Balaban J connectivity index is 1.19. The van der Waals surface area contributed by atoms with E-state index in [9.17, 15) is 13.6 Å². The van der Waals surface area contributed by atoms with E-state index in [0.29, 0.717) is 40.0 Å². The van der Waals surface area contributed by atoms with Crippen LogP contribution in [0.5, 0.6) is 0 Å². The van der Waals surface area contributed by atoms with Crippen LogP contribution in [-0.2, 0) is 11.3 Å². The number of halogens is 2. The number of hydrogen-bond acceptors (Lipinski definition) is 6. The molecule has 0 unspecified atom stereocenters. The number of imidazole rings is 1. The maximum absolute atomic E-state index is 13.1. The van der Waals surface area contributed by atoms with Crippen LogP contribution in [0.15, 0.2) is 24.7 Å². The number of rotatable bonds is 5. The summed E-state index contributed by atoms with van der Waals surface area (Å²) in [6.07, 6.45) is 7.09. The van der Waals surface area contributed by atoms with Gasteiger partial charge in [0.25, 0.3) is 6.43 Å². The highest BCUT2D eigenvalue weighted by molar-refractivity contribution is 5.95. The molecule has 11 heteroatoms. The first-order chi connectivity index (χ1) is 17.3. The average Bonchev–Trinajstić information content (AvgIpc) is 3.38. The molecule has 0 atom stereocenters. The fraction of sp³-hybridized carbons (Fsp3) is 0.480. The van der Waals surface area contributed by atoms with Gasteiger partial charge in [-0.05, 0) is 38.7 Å². The Kier molecular flexibility index (Phi) is 5.38. The quantitative estimate of drug-likeness (QED) is 0.432. The van der Waals surface area contributed by atoms with Crippen molar-refractivity contribution in [2.75, 3.05) is 18.4 Å². The predicted molar refractivity (Wildman–Crippen MR) is 132 cm³/mol. The van der Waals surface area contributed by atoms with E-state index in [1.165, 1.54) is 4.57 Å². The van der Waals surface area contributed by atoms with E-state index in [4.69, 9.17) is 0 Å². The molecular formula is C25H28F2N8O. The summed E-state index contributed by atoms with van der Waals surface area (Å²) in [5, 5.41) is 4.31. The van der Waals surface area contributed by atoms with Crippen molar-refractivity contribution in [3.05, 3.63) is 30.5 Å². The zero-order valence-electron chi connectivity index (χ0n) is 20.3. The molecule has 4 aromatic rings. The van der Waals surface area contributed by atoms with Gasteiger partial charge < -0.3 is 19.8 Å². The highest BCUT2D eigenvalue weighted by Crippen LogP contribution is 2.44. The van der Waals surface area contributed by atoms with Gasteiger partial charge in [-0.2, -0.15) is 4.98 Å². The summed E-state index contributed by atoms with van der Waals surface area (Å²) in [7, 11) is 0. The molecule has 4 aromatic heterocycles. The van der Waals surface area contributed by atoms with Crippen molar-refractivity contribution in [1.82, 2.24) is 34.4 Å². The smallest absolute Gasteiger partial charge is 0.256 e. The topological polar surface area (TPSA) is 105 Å². The molecule has 0 bridgehead atoms. The third-order valence-corrected chi connectivity index (χ3v) is 7.74. The van der Waals surface area contributed by atoms with Gasteiger partial charge in [0, 0.05) is 66.6 Å². The minimum Gasteiger partial charge on any atom is -0.351 e. The van der Waals surface area contributed by atoms with Gasteiger partial charge >= 0.3 is 0 Å². The number of H-pyrrole nitrogens is 1. The number of hydrogen-bond donors (Lipinski definition) is 2. The minimum atomic E-state index is -2.48. The molecule has 36 heavy (non-hydrogen) atoms. The summed E-state index contributed by atoms with van der Waals surface area (Å²) < 4.78 is 27.7. The molecule has 6 rings (SSSR count). The zero-order chi connectivity index (χ0) is 25.0. The molecule has 1 saturated carbocycles. The van der Waals surface area contributed by atoms with Crippen molar-refractivity contribution < 1.29 is 13.6 Å². The first-order valence-corrected chi connectivity index (χ1v) is 12.3. The second-order valence-corrected chi connectivity index (χ2v) is 10.2. The lowest BCUT2D eigenvalue weighted by atomic mass is 9.67. The van der Waals surface area contributed by atoms with E-state index in [1.807, 2.05) is 17.2 Å². The summed E-state index contributed by atoms with van der Waals surface area (Å²) >= 11 is 0. The lowest BCUT2D eigenvalue weighted by Crippen LogP contribution is -2.59. The number of carbonyl (C=O) groups is 1. The number of nitrogens with one attached hydrogen (secondary N) is 2. The van der Waals surface area contributed by atoms with E-state index in [1.54, 1.807) is 26.2 Å². The number of nitrogens with zero attached hydrogens (tertiary/aromatic N) is 6. The molecule has 188 valence electrons. The van der Waals surface area contributed by atoms with Gasteiger partial charge in [-0.1, -0.05) is 0 Å². The molecule has 1 spiro atoms. The van der Waals surface area contributed by atoms with Gasteiger partial charge in [0.15, 0.2) is 5.65 Å². The van der Waals surface area contributed by atoms with Gasteiger partial charge in [0.1, 0.15) is 11.5 Å². The van der Waals surface area contributed by atoms with Crippen molar-refractivity contribution >= 4 is 34.1 Å². The summed E-state index contributed by atoms with van der Waals surface area (Å²) in [5.74, 6) is 1.25. The van der Waals surface area contributed by atoms with Crippen LogP contribution in [0.3, 0.4) is 0 Å². The molecule has 1 saturated heterocycles. The van der Waals surface area contributed by atoms with E-state index in [0.717, 1.165) is 55.3 Å². The number of amides is 1. The predicted octanol–water partition coefficient (Wildman–Crippen LogP) is 4.15. The Morgan fingerprint density at radius 2 is 2.00 bits per heavy atom. The number of aromatic amines is 1. The summed E-state index contributed by atoms with van der Waals surface area (Å²) in [6, 6.07) is 2.14. The second-order valence-electron chi connectivity index (χ2n) is 10.2. The summed E-state index contributed by atoms with van der Waals surface area (Å²) in [5.41, 5.74) is 3.65. The third kappa shape index (κ3) is 3.96. The Labute approximate surface area is 206 Å². The normalized spacial score (nSPS) is 17.9. The number of carbonyl (C=O) groups excluding carboxylic acids is 1. The first-order valence-electron chi connectivity index (χ1n) is 12.3. The fourth-order valence-corrected chi connectivity index (χ4v) is 5.71. The molecule has 2 aliphatic rings. The summed E-state index contributed by atoms with van der Waals surface area (Å²) in [4.78, 5) is 34.6. The molecule has 2 N–H and O–H groups in total. The number of aromatic nitrogens is 6. The number of pyridine rings is 1. The largest absolute Gasteiger partial charge is 0.351 e. The number of fused-ring (bicyclic) bond motifs is 2. The van der Waals surface area contributed by atoms with Crippen LogP contribution < -0.4 is 5.32 Å². The molecule has 2 fully saturated rings. The van der Waals surface area contributed by atoms with Crippen molar-refractivity contribution in [1.29, 1.82) is 0 Å². The highest BCUT2D eigenvalue weighted by Gasteiger charge is 2.46. The van der Waals surface area contributed by atoms with Gasteiger partial charge in [0.05, 0.1) is 12.1 Å². The SMILES string of the molecule is CC(=O)N1CC2(CCC(Nc3ncc4c(-c5cnc6nc(C)n(CC(F)F)c6c5)c[nH]c4n3)CC2)C1. The van der Waals surface area contributed by atoms with Crippen LogP contribution in [-0.4, -0.2) is 65.9 Å². The lowest BCUT2D eigenvalue weighted by Gasteiger charge is -2.53. The molecule has 0 aromatic carbocycles. The Hall–Kier alpha value is -3.63. The van der Waals surface area contributed by atoms with Crippen molar-refractivity contribution in [2.24, 2.45) is 5.41 Å². The van der Waals surface area contributed by atoms with Crippen molar-refractivity contribution in [3.8, 4) is 11.1 Å². The highest BCUT2D eigenvalue weighted by atomic mass is 19.3. The Bertz CT molecular complexity index is 1450. The number of aryl methyl sites for hydroxylation is 1. The van der Waals surface area contributed by atoms with Crippen LogP contribution in [0.25, 0.3) is 33.3 Å². The van der Waals surface area contributed by atoms with Crippen LogP contribution in [0.4, 0.5) is 14.7 Å². The van der Waals surface area contributed by atoms with Gasteiger partial charge in [0.2, 0.25) is 11.9 Å². The molecular weight excluding hydrogens is 466 g/mol. The standard InChI is InChI=1S/C25H28F2N8O/c1-14-31-23-20(35(14)11-21(26)27)7-16(8-28-23)18-9-29-22-19(18)10-30-24(33-22)32-17-3-5-25(6-4-17)12-34(13-25)15(2)36/h7-10,17,21H,3-6,11-13H2,1-2H3,(H2,29,30,32,33). The zero-order valence-corrected chi connectivity index (χ0v) is 20.3. The molecule has 0 radical (unpaired) electrons. The van der Waals surface area contributed by atoms with E-state index in [-0.39, 0.29) is 5.91 Å². The number of alkyl halides is 2.